The molecule has 0 aromatic carbocycles. The monoisotopic (exact) mass is 260 g/mol. The second kappa shape index (κ2) is 3.62. The van der Waals surface area contributed by atoms with Crippen molar-refractivity contribution in [2.24, 2.45) is 17.8 Å². The first kappa shape index (κ1) is 11.5. The minimum Gasteiger partial charge on any atom is -0.478 e. The maximum atomic E-state index is 11.2. The van der Waals surface area contributed by atoms with Gasteiger partial charge in [-0.05, 0) is 63.2 Å². The summed E-state index contributed by atoms with van der Waals surface area (Å²) in [5.74, 6) is 1.70. The fourth-order valence-corrected chi connectivity index (χ4v) is 5.26. The molecule has 0 amide bonds. The van der Waals surface area contributed by atoms with Crippen molar-refractivity contribution >= 4 is 5.97 Å². The van der Waals surface area contributed by atoms with Crippen LogP contribution in [0.4, 0.5) is 0 Å². The fraction of sp³-hybridized carbons (Fsp3) is 0.733. The standard InChI is InChI=1S/C15H20N2O2/c1-9-13(14(18)19)8-17(16-9)15-5-10-2-11(6-15)4-12(3-10)7-15/h8,10-12H,2-7H2,1H3,(H,18,19). The van der Waals surface area contributed by atoms with E-state index in [1.165, 1.54) is 38.5 Å². The molecule has 1 aromatic rings. The van der Waals surface area contributed by atoms with Crippen LogP contribution in [-0.2, 0) is 5.54 Å². The van der Waals surface area contributed by atoms with Crippen LogP contribution in [0.15, 0.2) is 6.20 Å². The van der Waals surface area contributed by atoms with E-state index in [2.05, 4.69) is 5.10 Å². The van der Waals surface area contributed by atoms with Gasteiger partial charge in [-0.25, -0.2) is 4.79 Å². The van der Waals surface area contributed by atoms with E-state index in [9.17, 15) is 9.90 Å². The Labute approximate surface area is 112 Å². The molecule has 4 heteroatoms. The van der Waals surface area contributed by atoms with Crippen LogP contribution in [0, 0.1) is 24.7 Å². The van der Waals surface area contributed by atoms with Gasteiger partial charge in [-0.15, -0.1) is 0 Å². The predicted molar refractivity (Wildman–Crippen MR) is 70.1 cm³/mol. The van der Waals surface area contributed by atoms with E-state index < -0.39 is 5.97 Å². The van der Waals surface area contributed by atoms with Crippen molar-refractivity contribution in [1.82, 2.24) is 9.78 Å². The van der Waals surface area contributed by atoms with Gasteiger partial charge in [-0.3, -0.25) is 4.68 Å². The smallest absolute Gasteiger partial charge is 0.339 e. The normalized spacial score (nSPS) is 39.7. The van der Waals surface area contributed by atoms with Gasteiger partial charge in [0.15, 0.2) is 0 Å². The molecule has 0 spiro atoms. The summed E-state index contributed by atoms with van der Waals surface area (Å²) in [6, 6.07) is 0. The van der Waals surface area contributed by atoms with E-state index in [1.807, 2.05) is 4.68 Å². The molecular weight excluding hydrogens is 240 g/mol. The zero-order chi connectivity index (χ0) is 13.2. The summed E-state index contributed by atoms with van der Waals surface area (Å²) in [4.78, 5) is 11.2. The van der Waals surface area contributed by atoms with Crippen molar-refractivity contribution in [3.05, 3.63) is 17.5 Å². The Balaban J connectivity index is 1.75. The Hall–Kier alpha value is -1.32. The molecule has 4 fully saturated rings. The van der Waals surface area contributed by atoms with Crippen LogP contribution in [0.1, 0.15) is 54.6 Å². The number of nitrogens with zero attached hydrogens (tertiary/aromatic N) is 2. The number of carbonyl (C=O) groups is 1. The van der Waals surface area contributed by atoms with Crippen LogP contribution in [-0.4, -0.2) is 20.9 Å². The Bertz CT molecular complexity index is 511. The number of hydrogen-bond acceptors (Lipinski definition) is 2. The van der Waals surface area contributed by atoms with E-state index in [-0.39, 0.29) is 5.54 Å². The van der Waals surface area contributed by atoms with Crippen LogP contribution >= 0.6 is 0 Å². The molecule has 0 aliphatic heterocycles. The highest BCUT2D eigenvalue weighted by molar-refractivity contribution is 5.88. The van der Waals surface area contributed by atoms with Gasteiger partial charge in [0.1, 0.15) is 5.56 Å². The van der Waals surface area contributed by atoms with Crippen molar-refractivity contribution in [3.8, 4) is 0 Å². The number of aryl methyl sites for hydroxylation is 1. The molecule has 4 aliphatic carbocycles. The molecular formula is C15H20N2O2. The van der Waals surface area contributed by atoms with E-state index in [4.69, 9.17) is 0 Å². The summed E-state index contributed by atoms with van der Waals surface area (Å²) < 4.78 is 2.02. The van der Waals surface area contributed by atoms with Crippen molar-refractivity contribution in [1.29, 1.82) is 0 Å². The molecule has 0 atom stereocenters. The first-order chi connectivity index (χ1) is 9.06. The lowest BCUT2D eigenvalue weighted by Gasteiger charge is -2.56. The second-order valence-corrected chi connectivity index (χ2v) is 7.02. The number of hydrogen-bond donors (Lipinski definition) is 1. The van der Waals surface area contributed by atoms with E-state index in [1.54, 1.807) is 13.1 Å². The molecule has 0 unspecified atom stereocenters. The molecule has 0 radical (unpaired) electrons. The highest BCUT2D eigenvalue weighted by Gasteiger charge is 2.52. The topological polar surface area (TPSA) is 55.1 Å². The lowest BCUT2D eigenvalue weighted by Crippen LogP contribution is -2.52. The quantitative estimate of drug-likeness (QED) is 0.889. The van der Waals surface area contributed by atoms with Gasteiger partial charge in [-0.1, -0.05) is 0 Å². The summed E-state index contributed by atoms with van der Waals surface area (Å²) in [5, 5.41) is 13.8. The molecule has 102 valence electrons. The molecule has 4 bridgehead atoms. The zero-order valence-electron chi connectivity index (χ0n) is 11.3. The number of aromatic carboxylic acids is 1. The summed E-state index contributed by atoms with van der Waals surface area (Å²) >= 11 is 0. The highest BCUT2D eigenvalue weighted by Crippen LogP contribution is 2.58. The first-order valence-corrected chi connectivity index (χ1v) is 7.36. The SMILES string of the molecule is Cc1nn(C23CC4CC(CC(C4)C2)C3)cc1C(=O)O. The molecule has 1 N–H and O–H groups in total. The van der Waals surface area contributed by atoms with E-state index >= 15 is 0 Å². The maximum Gasteiger partial charge on any atom is 0.339 e. The van der Waals surface area contributed by atoms with Crippen LogP contribution in [0.25, 0.3) is 0 Å². The second-order valence-electron chi connectivity index (χ2n) is 7.02. The maximum absolute atomic E-state index is 11.2. The Morgan fingerprint density at radius 1 is 1.26 bits per heavy atom. The zero-order valence-corrected chi connectivity index (χ0v) is 11.3. The van der Waals surface area contributed by atoms with Gasteiger partial charge in [0.2, 0.25) is 0 Å². The van der Waals surface area contributed by atoms with Crippen LogP contribution < -0.4 is 0 Å². The lowest BCUT2D eigenvalue weighted by molar-refractivity contribution is -0.0495. The molecule has 1 heterocycles. The molecule has 1 aromatic heterocycles. The summed E-state index contributed by atoms with van der Waals surface area (Å²) in [7, 11) is 0. The molecule has 4 nitrogen and oxygen atoms in total. The van der Waals surface area contributed by atoms with Gasteiger partial charge in [0.05, 0.1) is 11.2 Å². The van der Waals surface area contributed by atoms with Crippen molar-refractivity contribution in [2.75, 3.05) is 0 Å². The van der Waals surface area contributed by atoms with Gasteiger partial charge in [0.25, 0.3) is 0 Å². The minimum absolute atomic E-state index is 0.132. The summed E-state index contributed by atoms with van der Waals surface area (Å²) in [6.45, 7) is 1.81. The lowest BCUT2D eigenvalue weighted by atomic mass is 9.53. The Morgan fingerprint density at radius 3 is 2.21 bits per heavy atom. The predicted octanol–water partition coefficient (Wildman–Crippen LogP) is 2.82. The minimum atomic E-state index is -0.853. The molecule has 0 saturated heterocycles. The van der Waals surface area contributed by atoms with Crippen molar-refractivity contribution in [2.45, 2.75) is 51.0 Å². The fourth-order valence-electron chi connectivity index (χ4n) is 5.26. The molecule has 19 heavy (non-hydrogen) atoms. The van der Waals surface area contributed by atoms with Gasteiger partial charge >= 0.3 is 5.97 Å². The third-order valence-electron chi connectivity index (χ3n) is 5.62. The van der Waals surface area contributed by atoms with Gasteiger partial charge < -0.3 is 5.11 Å². The first-order valence-electron chi connectivity index (χ1n) is 7.36. The molecule has 4 aliphatic rings. The van der Waals surface area contributed by atoms with Crippen molar-refractivity contribution in [3.63, 3.8) is 0 Å². The van der Waals surface area contributed by atoms with Gasteiger partial charge in [0, 0.05) is 6.20 Å². The van der Waals surface area contributed by atoms with Crippen LogP contribution in [0.2, 0.25) is 0 Å². The van der Waals surface area contributed by atoms with Crippen molar-refractivity contribution < 1.29 is 9.90 Å². The third-order valence-corrected chi connectivity index (χ3v) is 5.62. The average molecular weight is 260 g/mol. The number of aromatic nitrogens is 2. The van der Waals surface area contributed by atoms with Crippen LogP contribution in [0.5, 0.6) is 0 Å². The number of carboxylic acids is 1. The Kier molecular flexibility index (Phi) is 2.19. The Morgan fingerprint density at radius 2 is 1.79 bits per heavy atom. The number of rotatable bonds is 2. The molecule has 5 rings (SSSR count). The third kappa shape index (κ3) is 1.58. The van der Waals surface area contributed by atoms with Crippen LogP contribution in [0.3, 0.4) is 0 Å². The summed E-state index contributed by atoms with van der Waals surface area (Å²) in [6.07, 6.45) is 9.59. The largest absolute Gasteiger partial charge is 0.478 e. The average Bonchev–Trinajstić information content (AvgIpc) is 2.70. The summed E-state index contributed by atoms with van der Waals surface area (Å²) in [5.41, 5.74) is 1.16. The van der Waals surface area contributed by atoms with Gasteiger partial charge in [-0.2, -0.15) is 5.10 Å². The van der Waals surface area contributed by atoms with E-state index in [0.717, 1.165) is 17.8 Å². The molecule has 4 saturated carbocycles. The number of carboxylic acid groups (broad SMARTS) is 1. The van der Waals surface area contributed by atoms with E-state index in [0.29, 0.717) is 11.3 Å². The highest BCUT2D eigenvalue weighted by atomic mass is 16.4.